The highest BCUT2D eigenvalue weighted by Crippen LogP contribution is 2.24. The lowest BCUT2D eigenvalue weighted by atomic mass is 10.1. The van der Waals surface area contributed by atoms with Crippen molar-refractivity contribution in [3.05, 3.63) is 109 Å². The second kappa shape index (κ2) is 9.64. The van der Waals surface area contributed by atoms with Gasteiger partial charge in [0.1, 0.15) is 5.82 Å². The first kappa shape index (κ1) is 23.0. The van der Waals surface area contributed by atoms with Gasteiger partial charge >= 0.3 is 0 Å². The molecule has 2 N–H and O–H groups in total. The fourth-order valence-electron chi connectivity index (χ4n) is 2.96. The second-order valence-electron chi connectivity index (χ2n) is 7.03. The number of hydrogen-bond donors (Lipinski definition) is 2. The third-order valence-electron chi connectivity index (χ3n) is 4.71. The third kappa shape index (κ3) is 5.73. The highest BCUT2D eigenvalue weighted by molar-refractivity contribution is 6.04. The molecule has 0 aliphatic carbocycles. The maximum absolute atomic E-state index is 13.0. The van der Waals surface area contributed by atoms with Gasteiger partial charge in [0.15, 0.2) is 0 Å². The monoisotopic (exact) mass is 452 g/mol. The zero-order valence-electron chi connectivity index (χ0n) is 17.2. The van der Waals surface area contributed by atoms with Crippen LogP contribution in [0.15, 0.2) is 66.7 Å². The van der Waals surface area contributed by atoms with Crippen LogP contribution in [0.1, 0.15) is 39.2 Å². The molecule has 0 aromatic heterocycles. The van der Waals surface area contributed by atoms with E-state index in [1.807, 2.05) is 0 Å². The minimum Gasteiger partial charge on any atom is -0.346 e. The van der Waals surface area contributed by atoms with Gasteiger partial charge in [0, 0.05) is 23.4 Å². The van der Waals surface area contributed by atoms with Gasteiger partial charge < -0.3 is 10.6 Å². The molecule has 1 unspecified atom stereocenters. The summed E-state index contributed by atoms with van der Waals surface area (Å²) in [5.74, 6) is -1.59. The maximum Gasteiger partial charge on any atom is 0.277 e. The molecule has 0 spiro atoms. The minimum atomic E-state index is -0.813. The Morgan fingerprint density at radius 3 is 1.88 bits per heavy atom. The molecule has 0 radical (unpaired) electrons. The van der Waals surface area contributed by atoms with Crippen molar-refractivity contribution in [3.63, 3.8) is 0 Å². The Morgan fingerprint density at radius 2 is 1.36 bits per heavy atom. The summed E-state index contributed by atoms with van der Waals surface area (Å²) in [6, 6.07) is 13.8. The zero-order valence-corrected chi connectivity index (χ0v) is 17.2. The lowest BCUT2D eigenvalue weighted by Gasteiger charge is -2.15. The SMILES string of the molecule is CC(NC(=O)c1cc([N+](=O)[O-])cc([N+](=O)[O-])c1)c1ccc(NC(=O)c2ccc(F)cc2)cc1. The van der Waals surface area contributed by atoms with Crippen LogP contribution in [-0.4, -0.2) is 21.7 Å². The van der Waals surface area contributed by atoms with E-state index in [9.17, 15) is 34.2 Å². The molecule has 1 atom stereocenters. The van der Waals surface area contributed by atoms with Crippen molar-refractivity contribution in [1.29, 1.82) is 0 Å². The number of rotatable bonds is 7. The van der Waals surface area contributed by atoms with Crippen LogP contribution in [-0.2, 0) is 0 Å². The van der Waals surface area contributed by atoms with Crippen LogP contribution in [0.4, 0.5) is 21.5 Å². The predicted molar refractivity (Wildman–Crippen MR) is 116 cm³/mol. The average Bonchev–Trinajstić information content (AvgIpc) is 2.79. The summed E-state index contributed by atoms with van der Waals surface area (Å²) in [4.78, 5) is 45.1. The van der Waals surface area contributed by atoms with Crippen molar-refractivity contribution < 1.29 is 23.8 Å². The molecule has 33 heavy (non-hydrogen) atoms. The molecule has 0 bridgehead atoms. The summed E-state index contributed by atoms with van der Waals surface area (Å²) in [6.07, 6.45) is 0. The number of carbonyl (C=O) groups excluding carboxylic acids is 2. The van der Waals surface area contributed by atoms with Crippen LogP contribution >= 0.6 is 0 Å². The molecular formula is C22H17FN4O6. The van der Waals surface area contributed by atoms with E-state index < -0.39 is 44.9 Å². The van der Waals surface area contributed by atoms with Gasteiger partial charge in [0.2, 0.25) is 0 Å². The molecular weight excluding hydrogens is 435 g/mol. The molecule has 11 heteroatoms. The Morgan fingerprint density at radius 1 is 0.818 bits per heavy atom. The summed E-state index contributed by atoms with van der Waals surface area (Å²) in [7, 11) is 0. The van der Waals surface area contributed by atoms with Crippen molar-refractivity contribution in [1.82, 2.24) is 5.32 Å². The van der Waals surface area contributed by atoms with E-state index in [-0.39, 0.29) is 11.1 Å². The molecule has 3 aromatic carbocycles. The highest BCUT2D eigenvalue weighted by Gasteiger charge is 2.21. The van der Waals surface area contributed by atoms with Crippen molar-refractivity contribution in [3.8, 4) is 0 Å². The normalized spacial score (nSPS) is 11.3. The second-order valence-corrected chi connectivity index (χ2v) is 7.03. The third-order valence-corrected chi connectivity index (χ3v) is 4.71. The van der Waals surface area contributed by atoms with Gasteiger partial charge in [-0.05, 0) is 48.9 Å². The molecule has 0 heterocycles. The number of nitro groups is 2. The Hall–Kier alpha value is -4.67. The minimum absolute atomic E-state index is 0.217. The predicted octanol–water partition coefficient (Wildman–Crippen LogP) is 4.39. The van der Waals surface area contributed by atoms with Crippen LogP contribution in [0, 0.1) is 26.0 Å². The number of nitrogens with one attached hydrogen (secondary N) is 2. The van der Waals surface area contributed by atoms with Crippen LogP contribution in [0.3, 0.4) is 0 Å². The van der Waals surface area contributed by atoms with Gasteiger partial charge in [-0.2, -0.15) is 0 Å². The van der Waals surface area contributed by atoms with Gasteiger partial charge in [-0.25, -0.2) is 4.39 Å². The van der Waals surface area contributed by atoms with Gasteiger partial charge in [-0.3, -0.25) is 29.8 Å². The molecule has 168 valence electrons. The van der Waals surface area contributed by atoms with Gasteiger partial charge in [-0.15, -0.1) is 0 Å². The first-order valence-corrected chi connectivity index (χ1v) is 9.55. The van der Waals surface area contributed by atoms with Crippen molar-refractivity contribution in [2.75, 3.05) is 5.32 Å². The molecule has 0 aliphatic rings. The summed E-state index contributed by atoms with van der Waals surface area (Å²) < 4.78 is 13.0. The zero-order chi connectivity index (χ0) is 24.1. The topological polar surface area (TPSA) is 144 Å². The number of non-ortho nitro benzene ring substituents is 2. The van der Waals surface area contributed by atoms with E-state index in [4.69, 9.17) is 0 Å². The van der Waals surface area contributed by atoms with Gasteiger partial charge in [0.25, 0.3) is 23.2 Å². The number of carbonyl (C=O) groups is 2. The van der Waals surface area contributed by atoms with Crippen LogP contribution < -0.4 is 10.6 Å². The lowest BCUT2D eigenvalue weighted by Crippen LogP contribution is -2.26. The quantitative estimate of drug-likeness (QED) is 0.402. The fraction of sp³-hybridized carbons (Fsp3) is 0.0909. The van der Waals surface area contributed by atoms with E-state index in [0.717, 1.165) is 18.2 Å². The molecule has 0 aliphatic heterocycles. The molecule has 10 nitrogen and oxygen atoms in total. The highest BCUT2D eigenvalue weighted by atomic mass is 19.1. The smallest absolute Gasteiger partial charge is 0.277 e. The van der Waals surface area contributed by atoms with E-state index in [1.165, 1.54) is 24.3 Å². The first-order chi connectivity index (χ1) is 15.6. The van der Waals surface area contributed by atoms with Crippen LogP contribution in [0.2, 0.25) is 0 Å². The summed E-state index contributed by atoms with van der Waals surface area (Å²) >= 11 is 0. The van der Waals surface area contributed by atoms with Gasteiger partial charge in [-0.1, -0.05) is 12.1 Å². The summed E-state index contributed by atoms with van der Waals surface area (Å²) in [5, 5.41) is 27.3. The summed E-state index contributed by atoms with van der Waals surface area (Å²) in [5.41, 5.74) is 0.0635. The number of halogens is 1. The van der Waals surface area contributed by atoms with Crippen molar-refractivity contribution in [2.45, 2.75) is 13.0 Å². The molecule has 3 rings (SSSR count). The van der Waals surface area contributed by atoms with Crippen LogP contribution in [0.5, 0.6) is 0 Å². The molecule has 0 saturated carbocycles. The molecule has 0 saturated heterocycles. The first-order valence-electron chi connectivity index (χ1n) is 9.55. The van der Waals surface area contributed by atoms with Gasteiger partial charge in [0.05, 0.1) is 27.5 Å². The number of nitro benzene ring substituents is 2. The fourth-order valence-corrected chi connectivity index (χ4v) is 2.96. The molecule has 3 aromatic rings. The van der Waals surface area contributed by atoms with Crippen molar-refractivity contribution in [2.24, 2.45) is 0 Å². The number of amides is 2. The van der Waals surface area contributed by atoms with Crippen molar-refractivity contribution >= 4 is 28.9 Å². The Bertz CT molecular complexity index is 1200. The largest absolute Gasteiger partial charge is 0.346 e. The number of hydrogen-bond acceptors (Lipinski definition) is 6. The lowest BCUT2D eigenvalue weighted by molar-refractivity contribution is -0.394. The Balaban J connectivity index is 1.69. The number of nitrogens with zero attached hydrogens (tertiary/aromatic N) is 2. The molecule has 2 amide bonds. The van der Waals surface area contributed by atoms with E-state index in [1.54, 1.807) is 31.2 Å². The van der Waals surface area contributed by atoms with E-state index in [0.29, 0.717) is 11.3 Å². The number of benzene rings is 3. The standard InChI is InChI=1S/C22H17FN4O6/c1-13(24-22(29)16-10-19(26(30)31)12-20(11-16)27(32)33)14-4-8-18(9-5-14)25-21(28)15-2-6-17(23)7-3-15/h2-13H,1H3,(H,24,29)(H,25,28). The average molecular weight is 452 g/mol. The number of anilines is 1. The van der Waals surface area contributed by atoms with Crippen LogP contribution in [0.25, 0.3) is 0 Å². The maximum atomic E-state index is 13.0. The Labute approximate surface area is 186 Å². The Kier molecular flexibility index (Phi) is 6.72. The molecule has 0 fully saturated rings. The van der Waals surface area contributed by atoms with E-state index in [2.05, 4.69) is 10.6 Å². The summed E-state index contributed by atoms with van der Waals surface area (Å²) in [6.45, 7) is 1.66. The van der Waals surface area contributed by atoms with E-state index >= 15 is 0 Å².